The number of methoxy groups -OCH3 is 2. The fraction of sp³-hybridized carbons (Fsp3) is 0.538. The Labute approximate surface area is 191 Å². The summed E-state index contributed by atoms with van der Waals surface area (Å²) in [5.74, 6) is 0.332. The number of dihydropyridines is 1. The van der Waals surface area contributed by atoms with Gasteiger partial charge in [-0.25, -0.2) is 4.79 Å². The summed E-state index contributed by atoms with van der Waals surface area (Å²) in [7, 11) is 3.16. The standard InChI is InChI=1S/C26H35NO5/c1-7-8-9-12-32-25(29)22-16(2)27-18-14-26(3,4)15-19(28)24(18)23(22)17-10-11-20(30-5)21(13-17)31-6/h10-11,13,23,27H,7-9,12,14-15H2,1-6H3/t23-/m1/s1. The maximum atomic E-state index is 13.4. The first-order valence-corrected chi connectivity index (χ1v) is 11.4. The normalized spacial score (nSPS) is 19.9. The summed E-state index contributed by atoms with van der Waals surface area (Å²) < 4.78 is 16.5. The number of ether oxygens (including phenoxy) is 3. The molecule has 0 saturated heterocycles. The van der Waals surface area contributed by atoms with E-state index in [-0.39, 0.29) is 17.2 Å². The maximum Gasteiger partial charge on any atom is 0.336 e. The van der Waals surface area contributed by atoms with Crippen LogP contribution in [0.4, 0.5) is 0 Å². The van der Waals surface area contributed by atoms with Crippen LogP contribution in [0.2, 0.25) is 0 Å². The number of Topliss-reactive ketones (excluding diaryl/α,β-unsaturated/α-hetero) is 1. The van der Waals surface area contributed by atoms with E-state index < -0.39 is 5.92 Å². The molecular weight excluding hydrogens is 406 g/mol. The Morgan fingerprint density at radius 3 is 2.50 bits per heavy atom. The molecule has 1 aliphatic carbocycles. The third-order valence-electron chi connectivity index (χ3n) is 6.18. The largest absolute Gasteiger partial charge is 0.493 e. The van der Waals surface area contributed by atoms with Crippen molar-refractivity contribution >= 4 is 11.8 Å². The van der Waals surface area contributed by atoms with Crippen LogP contribution >= 0.6 is 0 Å². The highest BCUT2D eigenvalue weighted by Gasteiger charge is 2.43. The minimum absolute atomic E-state index is 0.0623. The van der Waals surface area contributed by atoms with Gasteiger partial charge < -0.3 is 19.5 Å². The van der Waals surface area contributed by atoms with Gasteiger partial charge in [0.15, 0.2) is 17.3 Å². The van der Waals surface area contributed by atoms with Crippen LogP contribution in [0.5, 0.6) is 11.5 Å². The van der Waals surface area contributed by atoms with E-state index in [9.17, 15) is 9.59 Å². The predicted octanol–water partition coefficient (Wildman–Crippen LogP) is 5.04. The molecule has 3 rings (SSSR count). The van der Waals surface area contributed by atoms with Gasteiger partial charge in [0.25, 0.3) is 0 Å². The lowest BCUT2D eigenvalue weighted by atomic mass is 9.68. The lowest BCUT2D eigenvalue weighted by Crippen LogP contribution is -2.38. The number of benzene rings is 1. The number of hydrogen-bond acceptors (Lipinski definition) is 6. The molecule has 32 heavy (non-hydrogen) atoms. The zero-order chi connectivity index (χ0) is 23.5. The second-order valence-corrected chi connectivity index (χ2v) is 9.39. The summed E-state index contributed by atoms with van der Waals surface area (Å²) in [6.07, 6.45) is 4.06. The molecule has 0 amide bonds. The summed E-state index contributed by atoms with van der Waals surface area (Å²) in [6.45, 7) is 8.55. The molecule has 1 aromatic rings. The van der Waals surface area contributed by atoms with E-state index in [0.717, 1.165) is 42.6 Å². The number of ketones is 1. The van der Waals surface area contributed by atoms with Gasteiger partial charge in [0.05, 0.1) is 26.4 Å². The van der Waals surface area contributed by atoms with Gasteiger partial charge in [-0.15, -0.1) is 0 Å². The zero-order valence-electron chi connectivity index (χ0n) is 20.1. The number of rotatable bonds is 8. The van der Waals surface area contributed by atoms with Gasteiger partial charge in [-0.3, -0.25) is 4.79 Å². The Balaban J connectivity index is 2.08. The number of nitrogens with one attached hydrogen (secondary N) is 1. The second kappa shape index (κ2) is 9.80. The molecule has 0 radical (unpaired) electrons. The van der Waals surface area contributed by atoms with Crippen LogP contribution in [0.15, 0.2) is 40.7 Å². The van der Waals surface area contributed by atoms with Gasteiger partial charge in [-0.05, 0) is 42.9 Å². The van der Waals surface area contributed by atoms with Gasteiger partial charge >= 0.3 is 5.97 Å². The van der Waals surface area contributed by atoms with E-state index >= 15 is 0 Å². The second-order valence-electron chi connectivity index (χ2n) is 9.39. The lowest BCUT2D eigenvalue weighted by Gasteiger charge is -2.39. The lowest BCUT2D eigenvalue weighted by molar-refractivity contribution is -0.139. The minimum Gasteiger partial charge on any atom is -0.493 e. The van der Waals surface area contributed by atoms with Gasteiger partial charge in [-0.1, -0.05) is 39.7 Å². The van der Waals surface area contributed by atoms with Crippen molar-refractivity contribution < 1.29 is 23.8 Å². The molecule has 1 aromatic carbocycles. The van der Waals surface area contributed by atoms with Gasteiger partial charge in [0, 0.05) is 29.3 Å². The van der Waals surface area contributed by atoms with Crippen LogP contribution in [0, 0.1) is 5.41 Å². The molecule has 0 spiro atoms. The topological polar surface area (TPSA) is 73.9 Å². The van der Waals surface area contributed by atoms with E-state index in [2.05, 4.69) is 26.1 Å². The SMILES string of the molecule is CCCCCOC(=O)C1=C(C)NC2=C(C(=O)CC(C)(C)C2)[C@@H]1c1ccc(OC)c(OC)c1. The molecule has 174 valence electrons. The molecule has 6 heteroatoms. The fourth-order valence-corrected chi connectivity index (χ4v) is 4.67. The molecule has 1 N–H and O–H groups in total. The predicted molar refractivity (Wildman–Crippen MR) is 124 cm³/mol. The molecule has 6 nitrogen and oxygen atoms in total. The first-order valence-electron chi connectivity index (χ1n) is 11.4. The highest BCUT2D eigenvalue weighted by Crippen LogP contribution is 2.47. The Bertz CT molecular complexity index is 957. The third kappa shape index (κ3) is 4.84. The maximum absolute atomic E-state index is 13.4. The summed E-state index contributed by atoms with van der Waals surface area (Å²) in [4.78, 5) is 26.6. The highest BCUT2D eigenvalue weighted by molar-refractivity contribution is 6.04. The van der Waals surface area contributed by atoms with Crippen molar-refractivity contribution in [3.8, 4) is 11.5 Å². The quantitative estimate of drug-likeness (QED) is 0.450. The number of unbranched alkanes of at least 4 members (excludes halogenated alkanes) is 2. The number of hydrogen-bond donors (Lipinski definition) is 1. The van der Waals surface area contributed by atoms with Crippen molar-refractivity contribution in [3.05, 3.63) is 46.3 Å². The van der Waals surface area contributed by atoms with Gasteiger partial charge in [0.2, 0.25) is 0 Å². The van der Waals surface area contributed by atoms with Crippen molar-refractivity contribution in [1.29, 1.82) is 0 Å². The molecular formula is C26H35NO5. The number of allylic oxidation sites excluding steroid dienone is 3. The van der Waals surface area contributed by atoms with E-state index in [1.807, 2.05) is 25.1 Å². The number of carbonyl (C=O) groups excluding carboxylic acids is 2. The van der Waals surface area contributed by atoms with Crippen LogP contribution in [-0.4, -0.2) is 32.6 Å². The molecule has 0 fully saturated rings. The van der Waals surface area contributed by atoms with Crippen molar-refractivity contribution in [1.82, 2.24) is 5.32 Å². The summed E-state index contributed by atoms with van der Waals surface area (Å²) in [6, 6.07) is 5.56. The van der Waals surface area contributed by atoms with Crippen molar-refractivity contribution in [2.24, 2.45) is 5.41 Å². The van der Waals surface area contributed by atoms with Crippen LogP contribution in [0.1, 0.15) is 71.3 Å². The van der Waals surface area contributed by atoms with Crippen LogP contribution in [0.25, 0.3) is 0 Å². The molecule has 0 unspecified atom stereocenters. The van der Waals surface area contributed by atoms with Gasteiger partial charge in [-0.2, -0.15) is 0 Å². The Kier molecular flexibility index (Phi) is 7.32. The average Bonchev–Trinajstić information content (AvgIpc) is 2.74. The molecule has 1 aliphatic heterocycles. The van der Waals surface area contributed by atoms with E-state index in [4.69, 9.17) is 14.2 Å². The number of carbonyl (C=O) groups is 2. The Morgan fingerprint density at radius 2 is 1.84 bits per heavy atom. The van der Waals surface area contributed by atoms with E-state index in [1.165, 1.54) is 0 Å². The van der Waals surface area contributed by atoms with Gasteiger partial charge in [0.1, 0.15) is 0 Å². The van der Waals surface area contributed by atoms with Crippen molar-refractivity contribution in [3.63, 3.8) is 0 Å². The van der Waals surface area contributed by atoms with Crippen molar-refractivity contribution in [2.75, 3.05) is 20.8 Å². The molecule has 0 aromatic heterocycles. The molecule has 1 atom stereocenters. The molecule has 1 heterocycles. The molecule has 0 saturated carbocycles. The summed E-state index contributed by atoms with van der Waals surface area (Å²) in [5.41, 5.74) is 3.44. The fourth-order valence-electron chi connectivity index (χ4n) is 4.67. The molecule has 2 aliphatic rings. The minimum atomic E-state index is -0.506. The van der Waals surface area contributed by atoms with Crippen LogP contribution in [0.3, 0.4) is 0 Å². The zero-order valence-corrected chi connectivity index (χ0v) is 20.1. The average molecular weight is 442 g/mol. The monoisotopic (exact) mass is 441 g/mol. The van der Waals surface area contributed by atoms with E-state index in [0.29, 0.717) is 35.7 Å². The number of esters is 1. The van der Waals surface area contributed by atoms with Crippen molar-refractivity contribution in [2.45, 2.75) is 65.7 Å². The van der Waals surface area contributed by atoms with Crippen LogP contribution in [-0.2, 0) is 14.3 Å². The first-order chi connectivity index (χ1) is 15.2. The highest BCUT2D eigenvalue weighted by atomic mass is 16.5. The first kappa shape index (κ1) is 23.9. The Hall–Kier alpha value is -2.76. The Morgan fingerprint density at radius 1 is 1.12 bits per heavy atom. The summed E-state index contributed by atoms with van der Waals surface area (Å²) in [5, 5.41) is 3.37. The summed E-state index contributed by atoms with van der Waals surface area (Å²) >= 11 is 0. The van der Waals surface area contributed by atoms with E-state index in [1.54, 1.807) is 14.2 Å². The smallest absolute Gasteiger partial charge is 0.336 e. The molecule has 0 bridgehead atoms. The third-order valence-corrected chi connectivity index (χ3v) is 6.18. The van der Waals surface area contributed by atoms with Crippen LogP contribution < -0.4 is 14.8 Å².